The molecule has 0 saturated carbocycles. The van der Waals surface area contributed by atoms with E-state index in [4.69, 9.17) is 11.6 Å². The Morgan fingerprint density at radius 1 is 1.47 bits per heavy atom. The molecule has 5 heteroatoms. The van der Waals surface area contributed by atoms with Crippen LogP contribution in [0.25, 0.3) is 5.65 Å². The molecule has 4 nitrogen and oxygen atoms in total. The van der Waals surface area contributed by atoms with Crippen molar-refractivity contribution in [3.05, 3.63) is 22.9 Å². The highest BCUT2D eigenvalue weighted by atomic mass is 35.5. The van der Waals surface area contributed by atoms with Gasteiger partial charge in [0.2, 0.25) is 0 Å². The molecule has 2 rings (SSSR count). The number of aromatic nitrogens is 4. The van der Waals surface area contributed by atoms with Crippen LogP contribution in [-0.2, 0) is 0 Å². The van der Waals surface area contributed by atoms with Crippen LogP contribution in [0.15, 0.2) is 6.07 Å². The number of nitrogens with zero attached hydrogens (tertiary/aromatic N) is 4. The number of hydrogen-bond acceptors (Lipinski definition) is 3. The van der Waals surface area contributed by atoms with Crippen LogP contribution in [0.2, 0.25) is 5.15 Å². The number of aryl methyl sites for hydroxylation is 1. The minimum Gasteiger partial charge on any atom is -0.266 e. The van der Waals surface area contributed by atoms with Crippen molar-refractivity contribution >= 4 is 17.2 Å². The van der Waals surface area contributed by atoms with E-state index in [0.717, 1.165) is 23.7 Å². The van der Waals surface area contributed by atoms with Crippen LogP contribution in [0, 0.1) is 6.92 Å². The highest BCUT2D eigenvalue weighted by Gasteiger charge is 2.14. The molecule has 0 spiro atoms. The molecule has 2 aromatic heterocycles. The molecule has 1 atom stereocenters. The average Bonchev–Trinajstić information content (AvgIpc) is 2.60. The molecule has 2 heterocycles. The maximum atomic E-state index is 5.85. The summed E-state index contributed by atoms with van der Waals surface area (Å²) in [6.07, 6.45) is 1.03. The third-order valence-corrected chi connectivity index (χ3v) is 2.80. The number of rotatable bonds is 2. The van der Waals surface area contributed by atoms with Crippen molar-refractivity contribution in [1.82, 2.24) is 19.6 Å². The van der Waals surface area contributed by atoms with E-state index in [1.54, 1.807) is 6.07 Å². The van der Waals surface area contributed by atoms with Crippen LogP contribution in [0.3, 0.4) is 0 Å². The Morgan fingerprint density at radius 2 is 2.20 bits per heavy atom. The SMILES string of the molecule is CCC(C)c1nnc2cc(Cl)nc(C)n12. The first-order valence-corrected chi connectivity index (χ1v) is 5.39. The largest absolute Gasteiger partial charge is 0.266 e. The van der Waals surface area contributed by atoms with E-state index >= 15 is 0 Å². The van der Waals surface area contributed by atoms with Gasteiger partial charge in [0, 0.05) is 12.0 Å². The van der Waals surface area contributed by atoms with E-state index in [9.17, 15) is 0 Å². The normalized spacial score (nSPS) is 13.3. The summed E-state index contributed by atoms with van der Waals surface area (Å²) in [5.74, 6) is 2.16. The molecule has 0 amide bonds. The lowest BCUT2D eigenvalue weighted by Gasteiger charge is -2.07. The molecule has 0 N–H and O–H groups in total. The smallest absolute Gasteiger partial charge is 0.165 e. The second-order valence-electron chi connectivity index (χ2n) is 3.69. The first-order chi connectivity index (χ1) is 7.13. The number of halogens is 1. The highest BCUT2D eigenvalue weighted by molar-refractivity contribution is 6.29. The van der Waals surface area contributed by atoms with Crippen LogP contribution >= 0.6 is 11.6 Å². The molecule has 0 bridgehead atoms. The molecule has 0 fully saturated rings. The van der Waals surface area contributed by atoms with Gasteiger partial charge in [-0.25, -0.2) is 4.98 Å². The number of hydrogen-bond donors (Lipinski definition) is 0. The topological polar surface area (TPSA) is 43.1 Å². The van der Waals surface area contributed by atoms with Gasteiger partial charge in [0.05, 0.1) is 0 Å². The minimum absolute atomic E-state index is 0.377. The Bertz CT molecular complexity index is 491. The van der Waals surface area contributed by atoms with Gasteiger partial charge in [0.25, 0.3) is 0 Å². The summed E-state index contributed by atoms with van der Waals surface area (Å²) in [6.45, 7) is 6.17. The Kier molecular flexibility index (Phi) is 2.61. The van der Waals surface area contributed by atoms with Crippen molar-refractivity contribution < 1.29 is 0 Å². The van der Waals surface area contributed by atoms with E-state index in [2.05, 4.69) is 29.0 Å². The molecule has 0 aliphatic heterocycles. The van der Waals surface area contributed by atoms with Gasteiger partial charge in [0.15, 0.2) is 5.65 Å². The molecule has 1 unspecified atom stereocenters. The van der Waals surface area contributed by atoms with E-state index in [1.165, 1.54) is 0 Å². The first-order valence-electron chi connectivity index (χ1n) is 5.01. The van der Waals surface area contributed by atoms with Gasteiger partial charge in [0.1, 0.15) is 16.8 Å². The van der Waals surface area contributed by atoms with E-state index in [0.29, 0.717) is 11.1 Å². The maximum Gasteiger partial charge on any atom is 0.165 e. The Hall–Kier alpha value is -1.16. The zero-order chi connectivity index (χ0) is 11.0. The second-order valence-corrected chi connectivity index (χ2v) is 4.07. The fraction of sp³-hybridized carbons (Fsp3) is 0.500. The maximum absolute atomic E-state index is 5.85. The Labute approximate surface area is 93.3 Å². The van der Waals surface area contributed by atoms with Gasteiger partial charge in [-0.3, -0.25) is 4.40 Å². The third kappa shape index (κ3) is 1.69. The van der Waals surface area contributed by atoms with Gasteiger partial charge in [-0.15, -0.1) is 10.2 Å². The molecule has 0 aromatic carbocycles. The van der Waals surface area contributed by atoms with Gasteiger partial charge < -0.3 is 0 Å². The predicted molar refractivity (Wildman–Crippen MR) is 59.2 cm³/mol. The highest BCUT2D eigenvalue weighted by Crippen LogP contribution is 2.19. The van der Waals surface area contributed by atoms with Crippen LogP contribution in [0.4, 0.5) is 0 Å². The molecular formula is C10H13ClN4. The Balaban J connectivity index is 2.69. The third-order valence-electron chi connectivity index (χ3n) is 2.61. The zero-order valence-electron chi connectivity index (χ0n) is 9.03. The Morgan fingerprint density at radius 3 is 2.87 bits per heavy atom. The van der Waals surface area contributed by atoms with Crippen LogP contribution in [0.1, 0.15) is 37.8 Å². The summed E-state index contributed by atoms with van der Waals surface area (Å²) in [4.78, 5) is 4.20. The summed E-state index contributed by atoms with van der Waals surface area (Å²) < 4.78 is 1.96. The molecule has 2 aromatic rings. The molecular weight excluding hydrogens is 212 g/mol. The standard InChI is InChI=1S/C10H13ClN4/c1-4-6(2)10-14-13-9-5-8(11)12-7(3)15(9)10/h5-6H,4H2,1-3H3. The summed E-state index contributed by atoms with van der Waals surface area (Å²) in [7, 11) is 0. The number of fused-ring (bicyclic) bond motifs is 1. The summed E-state index contributed by atoms with van der Waals surface area (Å²) in [5.41, 5.74) is 0.766. The first kappa shape index (κ1) is 10.4. The molecule has 0 radical (unpaired) electrons. The fourth-order valence-corrected chi connectivity index (χ4v) is 1.80. The van der Waals surface area contributed by atoms with Gasteiger partial charge >= 0.3 is 0 Å². The van der Waals surface area contributed by atoms with Crippen LogP contribution < -0.4 is 0 Å². The van der Waals surface area contributed by atoms with Crippen molar-refractivity contribution in [3.8, 4) is 0 Å². The predicted octanol–water partition coefficient (Wildman–Crippen LogP) is 2.60. The van der Waals surface area contributed by atoms with Crippen LogP contribution in [0.5, 0.6) is 0 Å². The summed E-state index contributed by atoms with van der Waals surface area (Å²) >= 11 is 5.85. The monoisotopic (exact) mass is 224 g/mol. The quantitative estimate of drug-likeness (QED) is 0.737. The van der Waals surface area contributed by atoms with Crippen molar-refractivity contribution in [3.63, 3.8) is 0 Å². The fourth-order valence-electron chi connectivity index (χ4n) is 1.58. The lowest BCUT2D eigenvalue weighted by atomic mass is 10.1. The van der Waals surface area contributed by atoms with Crippen molar-refractivity contribution in [2.24, 2.45) is 0 Å². The van der Waals surface area contributed by atoms with E-state index in [1.807, 2.05) is 11.3 Å². The summed E-state index contributed by atoms with van der Waals surface area (Å²) in [6, 6.07) is 1.73. The molecule has 15 heavy (non-hydrogen) atoms. The van der Waals surface area contributed by atoms with E-state index < -0.39 is 0 Å². The van der Waals surface area contributed by atoms with Crippen molar-refractivity contribution in [2.45, 2.75) is 33.1 Å². The average molecular weight is 225 g/mol. The minimum atomic E-state index is 0.377. The van der Waals surface area contributed by atoms with Crippen LogP contribution in [-0.4, -0.2) is 19.6 Å². The second kappa shape index (κ2) is 3.77. The lowest BCUT2D eigenvalue weighted by molar-refractivity contribution is 0.662. The van der Waals surface area contributed by atoms with Gasteiger partial charge in [-0.05, 0) is 13.3 Å². The lowest BCUT2D eigenvalue weighted by Crippen LogP contribution is -2.04. The molecule has 0 aliphatic carbocycles. The molecule has 0 aliphatic rings. The molecule has 80 valence electrons. The van der Waals surface area contributed by atoms with Gasteiger partial charge in [-0.2, -0.15) is 0 Å². The molecule has 0 saturated heterocycles. The van der Waals surface area contributed by atoms with Gasteiger partial charge in [-0.1, -0.05) is 25.4 Å². The van der Waals surface area contributed by atoms with Crippen molar-refractivity contribution in [2.75, 3.05) is 0 Å². The zero-order valence-corrected chi connectivity index (χ0v) is 9.78. The van der Waals surface area contributed by atoms with E-state index in [-0.39, 0.29) is 0 Å². The van der Waals surface area contributed by atoms with Crippen molar-refractivity contribution in [1.29, 1.82) is 0 Å². The summed E-state index contributed by atoms with van der Waals surface area (Å²) in [5, 5.41) is 8.74.